The molecule has 33 heavy (non-hydrogen) atoms. The summed E-state index contributed by atoms with van der Waals surface area (Å²) in [5.74, 6) is -0.741. The van der Waals surface area contributed by atoms with Crippen molar-refractivity contribution < 1.29 is 19.7 Å². The van der Waals surface area contributed by atoms with E-state index in [9.17, 15) is 15.0 Å². The largest absolute Gasteiger partial charge is 0.490 e. The van der Waals surface area contributed by atoms with E-state index in [2.05, 4.69) is 5.32 Å². The predicted octanol–water partition coefficient (Wildman–Crippen LogP) is 3.98. The van der Waals surface area contributed by atoms with E-state index in [0.29, 0.717) is 29.0 Å². The van der Waals surface area contributed by atoms with Crippen molar-refractivity contribution in [1.82, 2.24) is 0 Å². The summed E-state index contributed by atoms with van der Waals surface area (Å²) >= 11 is 0. The van der Waals surface area contributed by atoms with Crippen LogP contribution in [-0.4, -0.2) is 35.2 Å². The Hall–Kier alpha value is -3.84. The fourth-order valence-corrected chi connectivity index (χ4v) is 3.66. The molecule has 0 amide bonds. The highest BCUT2D eigenvalue weighted by atomic mass is 16.5. The highest BCUT2D eigenvalue weighted by Gasteiger charge is 2.39. The van der Waals surface area contributed by atoms with Gasteiger partial charge in [0.1, 0.15) is 18.2 Å². The number of ether oxygens (including phenoxy) is 1. The number of carboxylic acid groups (broad SMARTS) is 1. The monoisotopic (exact) mass is 447 g/mol. The Morgan fingerprint density at radius 2 is 1.79 bits per heavy atom. The first-order valence-corrected chi connectivity index (χ1v) is 10.7. The quantitative estimate of drug-likeness (QED) is 0.236. The highest BCUT2D eigenvalue weighted by molar-refractivity contribution is 5.95. The summed E-state index contributed by atoms with van der Waals surface area (Å²) in [6.07, 6.45) is 0.704. The van der Waals surface area contributed by atoms with Crippen LogP contribution in [0.5, 0.6) is 5.75 Å². The number of anilines is 1. The molecule has 7 heteroatoms. The SMILES string of the molecule is CCc1cc(-c2ccccc2)c(OCCO)c(C(C)(Nc2ccc(C(=N)N)cc2)C(=O)O)c1. The maximum absolute atomic E-state index is 12.7. The van der Waals surface area contributed by atoms with Crippen molar-refractivity contribution in [2.45, 2.75) is 25.8 Å². The maximum atomic E-state index is 12.7. The standard InChI is InChI=1S/C26H29N3O4/c1-3-17-15-21(18-7-5-4-6-8-18)23(33-14-13-30)22(16-17)26(2,25(31)32)29-20-11-9-19(10-12-20)24(27)28/h4-12,15-16,29-30H,3,13-14H2,1-2H3,(H3,27,28)(H,31,32). The van der Waals surface area contributed by atoms with Crippen LogP contribution < -0.4 is 15.8 Å². The Morgan fingerprint density at radius 1 is 1.12 bits per heavy atom. The van der Waals surface area contributed by atoms with E-state index < -0.39 is 11.5 Å². The molecule has 0 saturated carbocycles. The van der Waals surface area contributed by atoms with E-state index in [4.69, 9.17) is 15.9 Å². The summed E-state index contributed by atoms with van der Waals surface area (Å²) in [5, 5.41) is 30.4. The minimum atomic E-state index is -1.54. The predicted molar refractivity (Wildman–Crippen MR) is 130 cm³/mol. The maximum Gasteiger partial charge on any atom is 0.333 e. The molecule has 0 aliphatic heterocycles. The van der Waals surface area contributed by atoms with E-state index >= 15 is 0 Å². The summed E-state index contributed by atoms with van der Waals surface area (Å²) < 4.78 is 5.96. The second-order valence-corrected chi connectivity index (χ2v) is 7.86. The molecule has 6 N–H and O–H groups in total. The van der Waals surface area contributed by atoms with Crippen LogP contribution in [-0.2, 0) is 16.8 Å². The highest BCUT2D eigenvalue weighted by Crippen LogP contribution is 2.41. The second-order valence-electron chi connectivity index (χ2n) is 7.86. The number of nitrogens with one attached hydrogen (secondary N) is 2. The normalized spacial score (nSPS) is 12.6. The molecule has 0 aliphatic rings. The van der Waals surface area contributed by atoms with Gasteiger partial charge in [-0.3, -0.25) is 5.41 Å². The van der Waals surface area contributed by atoms with Gasteiger partial charge in [0.05, 0.1) is 6.61 Å². The third-order valence-corrected chi connectivity index (χ3v) is 5.54. The summed E-state index contributed by atoms with van der Waals surface area (Å²) in [5.41, 5.74) is 8.16. The molecule has 0 bridgehead atoms. The minimum Gasteiger partial charge on any atom is -0.490 e. The Morgan fingerprint density at radius 3 is 2.33 bits per heavy atom. The third-order valence-electron chi connectivity index (χ3n) is 5.54. The van der Waals surface area contributed by atoms with Crippen molar-refractivity contribution in [2.24, 2.45) is 5.73 Å². The molecule has 0 aromatic heterocycles. The van der Waals surface area contributed by atoms with Crippen molar-refractivity contribution in [3.8, 4) is 16.9 Å². The van der Waals surface area contributed by atoms with Gasteiger partial charge in [0.15, 0.2) is 5.54 Å². The fraction of sp³-hybridized carbons (Fsp3) is 0.231. The molecule has 0 radical (unpaired) electrons. The summed E-state index contributed by atoms with van der Waals surface area (Å²) in [4.78, 5) is 12.7. The Labute approximate surface area is 193 Å². The van der Waals surface area contributed by atoms with Gasteiger partial charge >= 0.3 is 5.97 Å². The molecular weight excluding hydrogens is 418 g/mol. The van der Waals surface area contributed by atoms with Gasteiger partial charge in [-0.1, -0.05) is 37.3 Å². The molecule has 0 saturated heterocycles. The molecule has 3 aromatic carbocycles. The van der Waals surface area contributed by atoms with E-state index in [1.807, 2.05) is 49.4 Å². The van der Waals surface area contributed by atoms with E-state index in [0.717, 1.165) is 16.7 Å². The van der Waals surface area contributed by atoms with Gasteiger partial charge in [-0.2, -0.15) is 0 Å². The van der Waals surface area contributed by atoms with E-state index in [1.54, 1.807) is 31.2 Å². The topological polar surface area (TPSA) is 129 Å². The average Bonchev–Trinajstić information content (AvgIpc) is 2.82. The first kappa shape index (κ1) is 23.8. The van der Waals surface area contributed by atoms with Gasteiger partial charge in [-0.05, 0) is 60.9 Å². The zero-order valence-corrected chi connectivity index (χ0v) is 18.8. The van der Waals surface area contributed by atoms with Crippen LogP contribution in [0.3, 0.4) is 0 Å². The second kappa shape index (κ2) is 10.2. The number of benzene rings is 3. The molecule has 0 aliphatic carbocycles. The van der Waals surface area contributed by atoms with Crippen LogP contribution in [0, 0.1) is 5.41 Å². The van der Waals surface area contributed by atoms with Crippen LogP contribution in [0.15, 0.2) is 66.7 Å². The molecule has 3 aromatic rings. The number of carbonyl (C=O) groups is 1. The lowest BCUT2D eigenvalue weighted by molar-refractivity contribution is -0.142. The number of aliphatic carboxylic acids is 1. The van der Waals surface area contributed by atoms with Gasteiger partial charge in [0.25, 0.3) is 0 Å². The van der Waals surface area contributed by atoms with Crippen LogP contribution in [0.25, 0.3) is 11.1 Å². The van der Waals surface area contributed by atoms with E-state index in [1.165, 1.54) is 0 Å². The van der Waals surface area contributed by atoms with Crippen LogP contribution in [0.2, 0.25) is 0 Å². The molecule has 7 nitrogen and oxygen atoms in total. The van der Waals surface area contributed by atoms with Crippen molar-refractivity contribution in [2.75, 3.05) is 18.5 Å². The Bertz CT molecular complexity index is 1130. The lowest BCUT2D eigenvalue weighted by Crippen LogP contribution is -2.41. The van der Waals surface area contributed by atoms with Crippen molar-refractivity contribution in [1.29, 1.82) is 5.41 Å². The third kappa shape index (κ3) is 5.15. The number of rotatable bonds is 10. The number of carboxylic acids is 1. The number of aliphatic hydroxyl groups excluding tert-OH is 1. The molecule has 1 atom stereocenters. The van der Waals surface area contributed by atoms with Crippen LogP contribution >= 0.6 is 0 Å². The van der Waals surface area contributed by atoms with Crippen molar-refractivity contribution >= 4 is 17.5 Å². The number of hydrogen-bond acceptors (Lipinski definition) is 5. The molecule has 3 rings (SSSR count). The number of hydrogen-bond donors (Lipinski definition) is 5. The van der Waals surface area contributed by atoms with E-state index in [-0.39, 0.29) is 19.0 Å². The molecular formula is C26H29N3O4. The van der Waals surface area contributed by atoms with Gasteiger partial charge in [-0.15, -0.1) is 0 Å². The summed E-state index contributed by atoms with van der Waals surface area (Å²) in [7, 11) is 0. The Kier molecular flexibility index (Phi) is 7.35. The summed E-state index contributed by atoms with van der Waals surface area (Å²) in [6, 6.07) is 20.1. The number of aliphatic hydroxyl groups is 1. The lowest BCUT2D eigenvalue weighted by Gasteiger charge is -2.31. The first-order valence-electron chi connectivity index (χ1n) is 10.7. The van der Waals surface area contributed by atoms with Crippen molar-refractivity contribution in [3.05, 3.63) is 83.4 Å². The van der Waals surface area contributed by atoms with Crippen LogP contribution in [0.1, 0.15) is 30.5 Å². The number of aryl methyl sites for hydroxylation is 1. The van der Waals surface area contributed by atoms with Crippen LogP contribution in [0.4, 0.5) is 5.69 Å². The number of nitrogen functional groups attached to an aromatic ring is 1. The number of amidine groups is 1. The minimum absolute atomic E-state index is 0.0291. The Balaban J connectivity index is 2.20. The lowest BCUT2D eigenvalue weighted by atomic mass is 9.85. The smallest absolute Gasteiger partial charge is 0.333 e. The molecule has 1 unspecified atom stereocenters. The van der Waals surface area contributed by atoms with Gasteiger partial charge in [0.2, 0.25) is 0 Å². The zero-order chi connectivity index (χ0) is 24.0. The molecule has 0 spiro atoms. The number of nitrogens with two attached hydrogens (primary N) is 1. The molecule has 172 valence electrons. The molecule has 0 heterocycles. The first-order chi connectivity index (χ1) is 15.8. The zero-order valence-electron chi connectivity index (χ0n) is 18.8. The van der Waals surface area contributed by atoms with Gasteiger partial charge in [0, 0.05) is 22.4 Å². The van der Waals surface area contributed by atoms with Crippen molar-refractivity contribution in [3.63, 3.8) is 0 Å². The fourth-order valence-electron chi connectivity index (χ4n) is 3.66. The molecule has 0 fully saturated rings. The van der Waals surface area contributed by atoms with Gasteiger partial charge in [-0.25, -0.2) is 4.79 Å². The average molecular weight is 448 g/mol. The van der Waals surface area contributed by atoms with Gasteiger partial charge < -0.3 is 26.0 Å². The summed E-state index contributed by atoms with van der Waals surface area (Å²) in [6.45, 7) is 3.42.